The van der Waals surface area contributed by atoms with Crippen molar-refractivity contribution in [3.8, 4) is 17.1 Å². The van der Waals surface area contributed by atoms with Crippen LogP contribution in [0.2, 0.25) is 5.02 Å². The number of nitrogens with zero attached hydrogens (tertiary/aromatic N) is 6. The zero-order valence-corrected chi connectivity index (χ0v) is 21.4. The molecule has 0 aliphatic rings. The molecule has 194 valence electrons. The summed E-state index contributed by atoms with van der Waals surface area (Å²) >= 11 is 6.18. The summed E-state index contributed by atoms with van der Waals surface area (Å²) in [7, 11) is 0. The van der Waals surface area contributed by atoms with Gasteiger partial charge in [0.1, 0.15) is 12.7 Å². The molecule has 0 saturated carbocycles. The Labute approximate surface area is 228 Å². The number of aromatic amines is 1. The molecule has 0 radical (unpaired) electrons. The number of benzene rings is 3. The van der Waals surface area contributed by atoms with E-state index in [1.807, 2.05) is 54.6 Å². The van der Waals surface area contributed by atoms with Gasteiger partial charge in [0.2, 0.25) is 5.91 Å². The molecule has 1 amide bonds. The van der Waals surface area contributed by atoms with Crippen LogP contribution in [0.15, 0.2) is 91.5 Å². The lowest BCUT2D eigenvalue weighted by Crippen LogP contribution is -2.42. The van der Waals surface area contributed by atoms with Crippen LogP contribution in [0.1, 0.15) is 16.7 Å². The molecule has 2 N–H and O–H groups in total. The first-order chi connectivity index (χ1) is 19.0. The third-order valence-electron chi connectivity index (χ3n) is 5.98. The van der Waals surface area contributed by atoms with Crippen molar-refractivity contribution in [3.05, 3.63) is 113 Å². The van der Waals surface area contributed by atoms with Crippen LogP contribution in [0.3, 0.4) is 0 Å². The average molecular weight is 539 g/mol. The van der Waals surface area contributed by atoms with Crippen LogP contribution in [-0.4, -0.2) is 53.1 Å². The minimum Gasteiger partial charge on any atom is -0.342 e. The summed E-state index contributed by atoms with van der Waals surface area (Å²) in [6.07, 6.45) is 6.36. The minimum absolute atomic E-state index is 0.118. The van der Waals surface area contributed by atoms with Gasteiger partial charge in [-0.25, -0.2) is 4.98 Å². The number of carbonyl (C=O) groups excluding carboxylic acids is 2. The molecule has 3 aromatic carbocycles. The summed E-state index contributed by atoms with van der Waals surface area (Å²) in [5.41, 5.74) is 3.86. The molecule has 0 fully saturated rings. The lowest BCUT2D eigenvalue weighted by Gasteiger charge is -2.17. The van der Waals surface area contributed by atoms with E-state index in [9.17, 15) is 9.59 Å². The van der Waals surface area contributed by atoms with Crippen LogP contribution < -0.4 is 5.32 Å². The Morgan fingerprint density at radius 3 is 2.64 bits per heavy atom. The first-order valence-electron chi connectivity index (χ1n) is 12.1. The number of Topliss-reactive ketones (excluding diaryl/α,β-unsaturated/α-hetero) is 1. The fraction of sp³-hybridized carbons (Fsp3) is 0.107. The summed E-state index contributed by atoms with van der Waals surface area (Å²) < 4.78 is 1.47. The summed E-state index contributed by atoms with van der Waals surface area (Å²) in [6, 6.07) is 21.5. The van der Waals surface area contributed by atoms with Gasteiger partial charge < -0.3 is 5.32 Å². The summed E-state index contributed by atoms with van der Waals surface area (Å²) in [5, 5.41) is 21.3. The van der Waals surface area contributed by atoms with E-state index in [4.69, 9.17) is 11.6 Å². The molecule has 0 spiro atoms. The fourth-order valence-electron chi connectivity index (χ4n) is 4.12. The number of tetrazole rings is 1. The molecule has 0 aliphatic carbocycles. The van der Waals surface area contributed by atoms with Gasteiger partial charge in [-0.3, -0.25) is 14.7 Å². The van der Waals surface area contributed by atoms with E-state index < -0.39 is 11.9 Å². The first kappa shape index (κ1) is 25.7. The van der Waals surface area contributed by atoms with E-state index in [2.05, 4.69) is 36.0 Å². The first-order valence-corrected chi connectivity index (χ1v) is 12.5. The van der Waals surface area contributed by atoms with Crippen molar-refractivity contribution in [2.24, 2.45) is 0 Å². The quantitative estimate of drug-likeness (QED) is 0.259. The molecular weight excluding hydrogens is 516 g/mol. The maximum absolute atomic E-state index is 13.5. The van der Waals surface area contributed by atoms with E-state index in [-0.39, 0.29) is 12.2 Å². The predicted octanol–water partition coefficient (Wildman–Crippen LogP) is 3.65. The lowest BCUT2D eigenvalue weighted by atomic mass is 9.96. The van der Waals surface area contributed by atoms with Crippen molar-refractivity contribution in [1.82, 2.24) is 40.7 Å². The van der Waals surface area contributed by atoms with Gasteiger partial charge in [0.15, 0.2) is 11.6 Å². The van der Waals surface area contributed by atoms with Gasteiger partial charge in [0, 0.05) is 28.6 Å². The number of amides is 1. The molecule has 39 heavy (non-hydrogen) atoms. The Hall–Kier alpha value is -4.96. The maximum Gasteiger partial charge on any atom is 0.244 e. The number of H-pyrrole nitrogens is 1. The molecule has 2 heterocycles. The molecule has 0 aliphatic heterocycles. The summed E-state index contributed by atoms with van der Waals surface area (Å²) in [4.78, 5) is 30.7. The zero-order valence-electron chi connectivity index (χ0n) is 20.6. The van der Waals surface area contributed by atoms with Crippen molar-refractivity contribution in [3.63, 3.8) is 0 Å². The van der Waals surface area contributed by atoms with Gasteiger partial charge in [-0.05, 0) is 58.3 Å². The largest absolute Gasteiger partial charge is 0.342 e. The molecule has 2 aromatic heterocycles. The molecule has 1 atom stereocenters. The number of ketones is 1. The minimum atomic E-state index is -0.739. The maximum atomic E-state index is 13.5. The Morgan fingerprint density at radius 1 is 1.03 bits per heavy atom. The van der Waals surface area contributed by atoms with Gasteiger partial charge in [-0.15, -0.1) is 5.10 Å². The van der Waals surface area contributed by atoms with Crippen LogP contribution in [0.5, 0.6) is 0 Å². The third kappa shape index (κ3) is 6.68. The second-order valence-corrected chi connectivity index (χ2v) is 9.16. The Balaban J connectivity index is 1.34. The fourth-order valence-corrected chi connectivity index (χ4v) is 4.30. The number of hydrogen-bond donors (Lipinski definition) is 2. The lowest BCUT2D eigenvalue weighted by molar-refractivity contribution is -0.125. The molecule has 0 saturated heterocycles. The highest BCUT2D eigenvalue weighted by atomic mass is 35.5. The number of aromatic nitrogens is 7. The molecule has 11 heteroatoms. The van der Waals surface area contributed by atoms with Crippen LogP contribution in [0, 0.1) is 0 Å². The number of carbonyl (C=O) groups is 2. The van der Waals surface area contributed by atoms with Crippen LogP contribution in [0.4, 0.5) is 0 Å². The van der Waals surface area contributed by atoms with Crippen molar-refractivity contribution < 1.29 is 9.59 Å². The zero-order chi connectivity index (χ0) is 27.0. The Morgan fingerprint density at radius 2 is 1.87 bits per heavy atom. The van der Waals surface area contributed by atoms with Crippen LogP contribution in [0.25, 0.3) is 23.2 Å². The van der Waals surface area contributed by atoms with Crippen molar-refractivity contribution in [2.75, 3.05) is 0 Å². The third-order valence-corrected chi connectivity index (χ3v) is 6.22. The normalized spacial score (nSPS) is 11.9. The predicted molar refractivity (Wildman–Crippen MR) is 146 cm³/mol. The second kappa shape index (κ2) is 12.1. The van der Waals surface area contributed by atoms with Crippen molar-refractivity contribution >= 4 is 29.4 Å². The highest BCUT2D eigenvalue weighted by Gasteiger charge is 2.21. The molecule has 0 bridgehead atoms. The van der Waals surface area contributed by atoms with E-state index in [0.717, 1.165) is 16.7 Å². The van der Waals surface area contributed by atoms with Crippen LogP contribution >= 0.6 is 11.6 Å². The van der Waals surface area contributed by atoms with Gasteiger partial charge in [-0.2, -0.15) is 9.78 Å². The van der Waals surface area contributed by atoms with E-state index in [1.54, 1.807) is 24.3 Å². The Bertz CT molecular complexity index is 1590. The molecule has 0 unspecified atom stereocenters. The SMILES string of the molecule is O=C(/C=C/c1cc(Cl)ccc1-n1cnnn1)N[C@@H](Cc1ccccc1)C(=O)Cc1cccc(-c2ncn[nH]2)c1. The number of rotatable bonds is 10. The summed E-state index contributed by atoms with van der Waals surface area (Å²) in [6.45, 7) is 0. The smallest absolute Gasteiger partial charge is 0.244 e. The van der Waals surface area contributed by atoms with Crippen LogP contribution in [-0.2, 0) is 22.4 Å². The number of nitrogens with one attached hydrogen (secondary N) is 2. The summed E-state index contributed by atoms with van der Waals surface area (Å²) in [5.74, 6) is 0.0837. The van der Waals surface area contributed by atoms with Crippen molar-refractivity contribution in [2.45, 2.75) is 18.9 Å². The van der Waals surface area contributed by atoms with E-state index in [1.165, 1.54) is 23.4 Å². The second-order valence-electron chi connectivity index (χ2n) is 8.72. The standard InChI is InChI=1S/C28H23ClN8O2/c29-23-10-11-25(37-18-32-35-36-37)21(16-23)9-12-27(39)33-24(14-19-5-2-1-3-6-19)26(38)15-20-7-4-8-22(13-20)28-30-17-31-34-28/h1-13,16-18,24H,14-15H2,(H,33,39)(H,30,31,34)/b12-9+/t24-/m0/s1. The molecule has 10 nitrogen and oxygen atoms in total. The molecule has 5 rings (SSSR count). The molecular formula is C28H23ClN8O2. The number of hydrogen-bond acceptors (Lipinski definition) is 7. The highest BCUT2D eigenvalue weighted by Crippen LogP contribution is 2.20. The monoisotopic (exact) mass is 538 g/mol. The van der Waals surface area contributed by atoms with Crippen molar-refractivity contribution in [1.29, 1.82) is 0 Å². The van der Waals surface area contributed by atoms with Gasteiger partial charge in [0.25, 0.3) is 0 Å². The van der Waals surface area contributed by atoms with Gasteiger partial charge >= 0.3 is 0 Å². The van der Waals surface area contributed by atoms with Gasteiger partial charge in [-0.1, -0.05) is 60.1 Å². The topological polar surface area (TPSA) is 131 Å². The van der Waals surface area contributed by atoms with Gasteiger partial charge in [0.05, 0.1) is 11.7 Å². The average Bonchev–Trinajstić information content (AvgIpc) is 3.68. The Kier molecular flexibility index (Phi) is 7.94. The molecule has 5 aromatic rings. The highest BCUT2D eigenvalue weighted by molar-refractivity contribution is 6.30. The van der Waals surface area contributed by atoms with E-state index in [0.29, 0.717) is 28.5 Å². The number of halogens is 1. The van der Waals surface area contributed by atoms with E-state index >= 15 is 0 Å².